The van der Waals surface area contributed by atoms with E-state index in [9.17, 15) is 4.79 Å². The molecule has 0 heterocycles. The Morgan fingerprint density at radius 1 is 1.67 bits per heavy atom. The lowest BCUT2D eigenvalue weighted by Crippen LogP contribution is -2.50. The van der Waals surface area contributed by atoms with Crippen LogP contribution >= 0.6 is 0 Å². The number of hydrogen-bond donors (Lipinski definition) is 1. The maximum absolute atomic E-state index is 11.5. The number of rotatable bonds is 2. The molecule has 1 fully saturated rings. The predicted octanol–water partition coefficient (Wildman–Crippen LogP) is 1.87. The number of Topliss-reactive ketones (excluding diaryl/α,β-unsaturated/α-hetero) is 1. The van der Waals surface area contributed by atoms with E-state index in [1.807, 2.05) is 6.92 Å². The van der Waals surface area contributed by atoms with Crippen LogP contribution in [0, 0.1) is 5.92 Å². The third kappa shape index (κ3) is 1.86. The van der Waals surface area contributed by atoms with Crippen LogP contribution in [-0.4, -0.2) is 11.3 Å². The van der Waals surface area contributed by atoms with E-state index in [0.29, 0.717) is 12.3 Å². The zero-order valence-corrected chi connectivity index (χ0v) is 8.10. The fourth-order valence-electron chi connectivity index (χ4n) is 2.20. The SMILES string of the molecule is CCC(=O)C1(N)CCCC(C)C1. The first kappa shape index (κ1) is 9.72. The predicted molar refractivity (Wildman–Crippen MR) is 49.8 cm³/mol. The third-order valence-corrected chi connectivity index (χ3v) is 2.91. The van der Waals surface area contributed by atoms with Gasteiger partial charge in [-0.3, -0.25) is 4.79 Å². The Labute approximate surface area is 74.5 Å². The molecule has 0 saturated heterocycles. The van der Waals surface area contributed by atoms with Crippen LogP contribution in [-0.2, 0) is 4.79 Å². The van der Waals surface area contributed by atoms with Crippen molar-refractivity contribution in [2.24, 2.45) is 11.7 Å². The number of ketones is 1. The van der Waals surface area contributed by atoms with Crippen LogP contribution in [0.5, 0.6) is 0 Å². The first-order valence-electron chi connectivity index (χ1n) is 4.90. The van der Waals surface area contributed by atoms with Crippen LogP contribution in [0.2, 0.25) is 0 Å². The molecule has 0 bridgehead atoms. The van der Waals surface area contributed by atoms with Crippen molar-refractivity contribution in [3.8, 4) is 0 Å². The Bertz CT molecular complexity index is 179. The topological polar surface area (TPSA) is 43.1 Å². The molecule has 0 amide bonds. The Morgan fingerprint density at radius 3 is 2.83 bits per heavy atom. The molecule has 12 heavy (non-hydrogen) atoms. The van der Waals surface area contributed by atoms with Crippen molar-refractivity contribution in [3.63, 3.8) is 0 Å². The van der Waals surface area contributed by atoms with Crippen molar-refractivity contribution in [2.45, 2.75) is 51.5 Å². The normalized spacial score (nSPS) is 36.4. The van der Waals surface area contributed by atoms with Gasteiger partial charge in [0.1, 0.15) is 0 Å². The number of carbonyl (C=O) groups is 1. The van der Waals surface area contributed by atoms with Crippen LogP contribution in [0.25, 0.3) is 0 Å². The molecule has 2 nitrogen and oxygen atoms in total. The van der Waals surface area contributed by atoms with Crippen molar-refractivity contribution in [3.05, 3.63) is 0 Å². The second kappa shape index (κ2) is 3.56. The van der Waals surface area contributed by atoms with Gasteiger partial charge >= 0.3 is 0 Å². The summed E-state index contributed by atoms with van der Waals surface area (Å²) in [5.41, 5.74) is 5.57. The zero-order valence-electron chi connectivity index (χ0n) is 8.10. The second-order valence-electron chi connectivity index (χ2n) is 4.13. The zero-order chi connectivity index (χ0) is 9.19. The molecule has 0 aliphatic heterocycles. The molecule has 2 N–H and O–H groups in total. The van der Waals surface area contributed by atoms with E-state index in [-0.39, 0.29) is 5.78 Å². The summed E-state index contributed by atoms with van der Waals surface area (Å²) in [5.74, 6) is 0.869. The molecule has 0 aromatic rings. The summed E-state index contributed by atoms with van der Waals surface area (Å²) >= 11 is 0. The maximum atomic E-state index is 11.5. The van der Waals surface area contributed by atoms with Crippen LogP contribution in [0.15, 0.2) is 0 Å². The lowest BCUT2D eigenvalue weighted by molar-refractivity contribution is -0.125. The van der Waals surface area contributed by atoms with Gasteiger partial charge in [-0.2, -0.15) is 0 Å². The average molecular weight is 169 g/mol. The van der Waals surface area contributed by atoms with Gasteiger partial charge in [0, 0.05) is 6.42 Å². The Balaban J connectivity index is 2.63. The Kier molecular flexibility index (Phi) is 2.89. The van der Waals surface area contributed by atoms with Gasteiger partial charge in [0.2, 0.25) is 0 Å². The van der Waals surface area contributed by atoms with E-state index < -0.39 is 5.54 Å². The van der Waals surface area contributed by atoms with Gasteiger partial charge in [-0.15, -0.1) is 0 Å². The smallest absolute Gasteiger partial charge is 0.152 e. The van der Waals surface area contributed by atoms with E-state index in [4.69, 9.17) is 5.73 Å². The molecule has 1 rings (SSSR count). The molecule has 0 spiro atoms. The van der Waals surface area contributed by atoms with Gasteiger partial charge < -0.3 is 5.73 Å². The minimum Gasteiger partial charge on any atom is -0.319 e. The molecule has 2 heteroatoms. The maximum Gasteiger partial charge on any atom is 0.152 e. The van der Waals surface area contributed by atoms with Gasteiger partial charge in [-0.1, -0.05) is 26.7 Å². The number of carbonyl (C=O) groups excluding carboxylic acids is 1. The van der Waals surface area contributed by atoms with Crippen LogP contribution in [0.4, 0.5) is 0 Å². The third-order valence-electron chi connectivity index (χ3n) is 2.91. The van der Waals surface area contributed by atoms with Crippen LogP contribution in [0.1, 0.15) is 46.0 Å². The quantitative estimate of drug-likeness (QED) is 0.685. The fraction of sp³-hybridized carbons (Fsp3) is 0.900. The van der Waals surface area contributed by atoms with Crippen LogP contribution in [0.3, 0.4) is 0 Å². The van der Waals surface area contributed by atoms with E-state index in [1.54, 1.807) is 0 Å². The van der Waals surface area contributed by atoms with Crippen molar-refractivity contribution < 1.29 is 4.79 Å². The first-order valence-corrected chi connectivity index (χ1v) is 4.90. The van der Waals surface area contributed by atoms with Crippen molar-refractivity contribution in [1.82, 2.24) is 0 Å². The Hall–Kier alpha value is -0.370. The molecular weight excluding hydrogens is 150 g/mol. The molecule has 70 valence electrons. The number of nitrogens with two attached hydrogens (primary N) is 1. The summed E-state index contributed by atoms with van der Waals surface area (Å²) in [4.78, 5) is 11.5. The summed E-state index contributed by atoms with van der Waals surface area (Å²) in [6.07, 6.45) is 4.71. The summed E-state index contributed by atoms with van der Waals surface area (Å²) in [5, 5.41) is 0. The molecule has 0 aromatic carbocycles. The molecule has 0 radical (unpaired) electrons. The molecule has 1 saturated carbocycles. The van der Waals surface area contributed by atoms with Gasteiger partial charge in [-0.05, 0) is 18.8 Å². The highest BCUT2D eigenvalue weighted by Crippen LogP contribution is 2.31. The Morgan fingerprint density at radius 2 is 2.33 bits per heavy atom. The highest BCUT2D eigenvalue weighted by molar-refractivity contribution is 5.87. The lowest BCUT2D eigenvalue weighted by Gasteiger charge is -2.35. The summed E-state index contributed by atoms with van der Waals surface area (Å²) in [6.45, 7) is 4.08. The largest absolute Gasteiger partial charge is 0.319 e. The fourth-order valence-corrected chi connectivity index (χ4v) is 2.20. The monoisotopic (exact) mass is 169 g/mol. The van der Waals surface area contributed by atoms with E-state index in [1.165, 1.54) is 6.42 Å². The van der Waals surface area contributed by atoms with E-state index in [0.717, 1.165) is 19.3 Å². The van der Waals surface area contributed by atoms with E-state index >= 15 is 0 Å². The molecule has 2 unspecified atom stereocenters. The number of hydrogen-bond acceptors (Lipinski definition) is 2. The van der Waals surface area contributed by atoms with Gasteiger partial charge in [0.15, 0.2) is 5.78 Å². The molecule has 1 aliphatic carbocycles. The minimum absolute atomic E-state index is 0.244. The molecule has 0 aromatic heterocycles. The average Bonchev–Trinajstić information content (AvgIpc) is 2.02. The summed E-state index contributed by atoms with van der Waals surface area (Å²) in [7, 11) is 0. The standard InChI is InChI=1S/C10H19NO/c1-3-9(12)10(11)6-4-5-8(2)7-10/h8H,3-7,11H2,1-2H3. The lowest BCUT2D eigenvalue weighted by atomic mass is 9.74. The van der Waals surface area contributed by atoms with Crippen molar-refractivity contribution >= 4 is 5.78 Å². The van der Waals surface area contributed by atoms with Gasteiger partial charge in [0.05, 0.1) is 5.54 Å². The first-order chi connectivity index (χ1) is 5.58. The van der Waals surface area contributed by atoms with E-state index in [2.05, 4.69) is 6.92 Å². The summed E-state index contributed by atoms with van der Waals surface area (Å²) in [6, 6.07) is 0. The van der Waals surface area contributed by atoms with Gasteiger partial charge in [-0.25, -0.2) is 0 Å². The minimum atomic E-state index is -0.480. The van der Waals surface area contributed by atoms with Gasteiger partial charge in [0.25, 0.3) is 0 Å². The molecule has 2 atom stereocenters. The molecule has 1 aliphatic rings. The highest BCUT2D eigenvalue weighted by Gasteiger charge is 2.36. The highest BCUT2D eigenvalue weighted by atomic mass is 16.1. The van der Waals surface area contributed by atoms with Crippen LogP contribution < -0.4 is 5.73 Å². The summed E-state index contributed by atoms with van der Waals surface area (Å²) < 4.78 is 0. The molecular formula is C10H19NO. The van der Waals surface area contributed by atoms with Crippen molar-refractivity contribution in [2.75, 3.05) is 0 Å². The van der Waals surface area contributed by atoms with Crippen molar-refractivity contribution in [1.29, 1.82) is 0 Å². The second-order valence-corrected chi connectivity index (χ2v) is 4.13.